The van der Waals surface area contributed by atoms with Gasteiger partial charge in [-0.05, 0) is 61.4 Å². The highest BCUT2D eigenvalue weighted by Gasteiger charge is 2.25. The minimum atomic E-state index is -0.471. The van der Waals surface area contributed by atoms with Gasteiger partial charge in [0.15, 0.2) is 0 Å². The third kappa shape index (κ3) is 4.41. The number of fused-ring (bicyclic) bond motifs is 1. The molecule has 0 bridgehead atoms. The van der Waals surface area contributed by atoms with Crippen molar-refractivity contribution < 1.29 is 9.53 Å². The molecule has 1 unspecified atom stereocenters. The van der Waals surface area contributed by atoms with Gasteiger partial charge in [0.2, 0.25) is 5.91 Å². The zero-order valence-corrected chi connectivity index (χ0v) is 20.3. The molecule has 0 aliphatic heterocycles. The Bertz CT molecular complexity index is 1410. The lowest BCUT2D eigenvalue weighted by atomic mass is 10.1. The topological polar surface area (TPSA) is 64.4 Å². The van der Waals surface area contributed by atoms with Crippen LogP contribution in [0, 0.1) is 6.92 Å². The molecular formula is C27H26ClN3O3. The summed E-state index contributed by atoms with van der Waals surface area (Å²) in [5.41, 5.74) is 2.67. The van der Waals surface area contributed by atoms with Crippen molar-refractivity contribution in [1.29, 1.82) is 0 Å². The highest BCUT2D eigenvalue weighted by atomic mass is 35.5. The molecule has 174 valence electrons. The van der Waals surface area contributed by atoms with Gasteiger partial charge in [-0.15, -0.1) is 0 Å². The number of rotatable bonds is 6. The van der Waals surface area contributed by atoms with E-state index in [0.717, 1.165) is 16.9 Å². The molecule has 0 aliphatic rings. The third-order valence-corrected chi connectivity index (χ3v) is 6.55. The van der Waals surface area contributed by atoms with E-state index in [-0.39, 0.29) is 17.9 Å². The largest absolute Gasteiger partial charge is 0.497 e. The van der Waals surface area contributed by atoms with Crippen LogP contribution in [0.25, 0.3) is 16.6 Å². The van der Waals surface area contributed by atoms with Gasteiger partial charge in [0, 0.05) is 12.1 Å². The van der Waals surface area contributed by atoms with Gasteiger partial charge in [-0.2, -0.15) is 0 Å². The number of likely N-dealkylation sites (N-methyl/N-ethyl adjacent to an activating group) is 1. The molecule has 1 atom stereocenters. The van der Waals surface area contributed by atoms with Crippen LogP contribution < -0.4 is 10.3 Å². The summed E-state index contributed by atoms with van der Waals surface area (Å²) in [6.07, 6.45) is 0.221. The van der Waals surface area contributed by atoms with Crippen molar-refractivity contribution in [1.82, 2.24) is 14.5 Å². The maximum absolute atomic E-state index is 13.6. The number of carbonyl (C=O) groups is 1. The van der Waals surface area contributed by atoms with Crippen LogP contribution >= 0.6 is 11.6 Å². The Morgan fingerprint density at radius 2 is 1.79 bits per heavy atom. The molecule has 0 saturated heterocycles. The van der Waals surface area contributed by atoms with Crippen LogP contribution in [0.1, 0.15) is 29.9 Å². The molecule has 0 radical (unpaired) electrons. The SMILES string of the molecule is COc1ccc(CC(=O)N(C)C(C)c2nc3ccccc3c(=O)n2-c2cccc(Cl)c2C)cc1. The normalized spacial score (nSPS) is 11.9. The molecule has 1 heterocycles. The van der Waals surface area contributed by atoms with Crippen LogP contribution in [0.15, 0.2) is 71.5 Å². The average molecular weight is 476 g/mol. The lowest BCUT2D eigenvalue weighted by Gasteiger charge is -2.27. The minimum Gasteiger partial charge on any atom is -0.497 e. The van der Waals surface area contributed by atoms with Crippen molar-refractivity contribution in [3.8, 4) is 11.4 Å². The first-order valence-corrected chi connectivity index (χ1v) is 11.4. The molecule has 1 aromatic heterocycles. The number of ether oxygens (including phenoxy) is 1. The molecule has 0 aliphatic carbocycles. The van der Waals surface area contributed by atoms with Crippen molar-refractivity contribution in [3.63, 3.8) is 0 Å². The Labute approximate surface area is 203 Å². The maximum atomic E-state index is 13.6. The molecule has 4 aromatic rings. The van der Waals surface area contributed by atoms with Crippen molar-refractivity contribution in [2.75, 3.05) is 14.2 Å². The smallest absolute Gasteiger partial charge is 0.266 e. The van der Waals surface area contributed by atoms with Gasteiger partial charge in [0.05, 0.1) is 36.2 Å². The quantitative estimate of drug-likeness (QED) is 0.388. The number of para-hydroxylation sites is 1. The summed E-state index contributed by atoms with van der Waals surface area (Å²) in [7, 11) is 3.33. The first-order valence-electron chi connectivity index (χ1n) is 11.0. The molecule has 0 fully saturated rings. The van der Waals surface area contributed by atoms with Crippen LogP contribution in [0.3, 0.4) is 0 Å². The van der Waals surface area contributed by atoms with E-state index < -0.39 is 6.04 Å². The Hall–Kier alpha value is -3.64. The van der Waals surface area contributed by atoms with Gasteiger partial charge in [-0.1, -0.05) is 41.9 Å². The van der Waals surface area contributed by atoms with Gasteiger partial charge < -0.3 is 9.64 Å². The fraction of sp³-hybridized carbons (Fsp3) is 0.222. The second-order valence-electron chi connectivity index (χ2n) is 8.22. The molecular weight excluding hydrogens is 450 g/mol. The zero-order valence-electron chi connectivity index (χ0n) is 19.6. The summed E-state index contributed by atoms with van der Waals surface area (Å²) in [6, 6.07) is 19.6. The van der Waals surface area contributed by atoms with Gasteiger partial charge in [-0.25, -0.2) is 4.98 Å². The summed E-state index contributed by atoms with van der Waals surface area (Å²) in [6.45, 7) is 3.74. The first-order chi connectivity index (χ1) is 16.3. The van der Waals surface area contributed by atoms with Gasteiger partial charge in [-0.3, -0.25) is 14.2 Å². The van der Waals surface area contributed by atoms with Crippen LogP contribution in [0.5, 0.6) is 5.75 Å². The van der Waals surface area contributed by atoms with E-state index in [1.54, 1.807) is 47.9 Å². The van der Waals surface area contributed by atoms with Crippen LogP contribution in [0.4, 0.5) is 0 Å². The van der Waals surface area contributed by atoms with E-state index >= 15 is 0 Å². The number of hydrogen-bond acceptors (Lipinski definition) is 4. The summed E-state index contributed by atoms with van der Waals surface area (Å²) in [4.78, 5) is 33.2. The number of amides is 1. The number of hydrogen-bond donors (Lipinski definition) is 0. The third-order valence-electron chi connectivity index (χ3n) is 6.14. The van der Waals surface area contributed by atoms with Crippen LogP contribution in [-0.4, -0.2) is 34.5 Å². The number of nitrogens with zero attached hydrogens (tertiary/aromatic N) is 3. The number of methoxy groups -OCH3 is 1. The highest BCUT2D eigenvalue weighted by Crippen LogP contribution is 2.27. The van der Waals surface area contributed by atoms with Crippen molar-refractivity contribution in [2.24, 2.45) is 0 Å². The second-order valence-corrected chi connectivity index (χ2v) is 8.62. The molecule has 6 nitrogen and oxygen atoms in total. The monoisotopic (exact) mass is 475 g/mol. The lowest BCUT2D eigenvalue weighted by molar-refractivity contribution is -0.131. The van der Waals surface area contributed by atoms with E-state index in [1.807, 2.05) is 56.3 Å². The maximum Gasteiger partial charge on any atom is 0.266 e. The van der Waals surface area contributed by atoms with Crippen LogP contribution in [0.2, 0.25) is 5.02 Å². The molecule has 7 heteroatoms. The van der Waals surface area contributed by atoms with Crippen LogP contribution in [-0.2, 0) is 11.2 Å². The molecule has 3 aromatic carbocycles. The van der Waals surface area contributed by atoms with Gasteiger partial charge >= 0.3 is 0 Å². The number of carbonyl (C=O) groups excluding carboxylic acids is 1. The molecule has 1 amide bonds. The minimum absolute atomic E-state index is 0.0885. The summed E-state index contributed by atoms with van der Waals surface area (Å²) < 4.78 is 6.77. The van der Waals surface area contributed by atoms with E-state index in [1.165, 1.54) is 0 Å². The molecule has 4 rings (SSSR count). The first kappa shape index (κ1) is 23.5. The predicted molar refractivity (Wildman–Crippen MR) is 135 cm³/mol. The van der Waals surface area contributed by atoms with E-state index in [0.29, 0.717) is 27.4 Å². The lowest BCUT2D eigenvalue weighted by Crippen LogP contribution is -2.35. The summed E-state index contributed by atoms with van der Waals surface area (Å²) in [5.74, 6) is 1.12. The molecule has 34 heavy (non-hydrogen) atoms. The van der Waals surface area contributed by atoms with E-state index in [9.17, 15) is 9.59 Å². The molecule has 0 saturated carbocycles. The number of halogens is 1. The number of aromatic nitrogens is 2. The second kappa shape index (κ2) is 9.69. The predicted octanol–water partition coefficient (Wildman–Crippen LogP) is 5.12. The summed E-state index contributed by atoms with van der Waals surface area (Å²) >= 11 is 6.38. The Morgan fingerprint density at radius 3 is 2.50 bits per heavy atom. The highest BCUT2D eigenvalue weighted by molar-refractivity contribution is 6.31. The van der Waals surface area contributed by atoms with Gasteiger partial charge in [0.1, 0.15) is 11.6 Å². The zero-order chi connectivity index (χ0) is 24.4. The average Bonchev–Trinajstić information content (AvgIpc) is 2.85. The Morgan fingerprint density at radius 1 is 1.09 bits per heavy atom. The van der Waals surface area contributed by atoms with E-state index in [4.69, 9.17) is 21.3 Å². The Kier molecular flexibility index (Phi) is 6.70. The fourth-order valence-corrected chi connectivity index (χ4v) is 4.10. The standard InChI is InChI=1S/C27H26ClN3O3/c1-17-22(28)9-7-11-24(17)31-26(29-23-10-6-5-8-21(23)27(31)33)18(2)30(3)25(32)16-19-12-14-20(34-4)15-13-19/h5-15,18H,16H2,1-4H3. The number of benzene rings is 3. The molecule has 0 N–H and O–H groups in total. The van der Waals surface area contributed by atoms with Crippen molar-refractivity contribution >= 4 is 28.4 Å². The fourth-order valence-electron chi connectivity index (χ4n) is 3.93. The van der Waals surface area contributed by atoms with Crippen molar-refractivity contribution in [3.05, 3.63) is 99.1 Å². The van der Waals surface area contributed by atoms with Gasteiger partial charge in [0.25, 0.3) is 5.56 Å². The summed E-state index contributed by atoms with van der Waals surface area (Å²) in [5, 5.41) is 1.06. The van der Waals surface area contributed by atoms with Crippen molar-refractivity contribution in [2.45, 2.75) is 26.3 Å². The van der Waals surface area contributed by atoms with E-state index in [2.05, 4.69) is 0 Å². The molecule has 0 spiro atoms. The Balaban J connectivity index is 1.78.